The minimum Gasteiger partial charge on any atom is -0.340 e. The third-order valence-electron chi connectivity index (χ3n) is 3.86. The monoisotopic (exact) mass is 386 g/mol. The standard InChI is InChI=1S/C20H19FN2OS2/c1-14(19(24)23(2)12-15-7-6-10-17(21)11-15)26-20-22-18(13-25-20)16-8-4-3-5-9-16/h3-11,13-14H,12H2,1-2H3/t14-/m1/s1. The van der Waals surface area contributed by atoms with E-state index in [4.69, 9.17) is 0 Å². The van der Waals surface area contributed by atoms with Crippen LogP contribution in [-0.4, -0.2) is 28.1 Å². The lowest BCUT2D eigenvalue weighted by atomic mass is 10.2. The van der Waals surface area contributed by atoms with E-state index in [1.807, 2.05) is 48.7 Å². The lowest BCUT2D eigenvalue weighted by Crippen LogP contribution is -2.32. The summed E-state index contributed by atoms with van der Waals surface area (Å²) in [6, 6.07) is 16.3. The first-order valence-electron chi connectivity index (χ1n) is 8.20. The molecule has 1 aromatic heterocycles. The highest BCUT2D eigenvalue weighted by Gasteiger charge is 2.20. The Morgan fingerprint density at radius 2 is 2.00 bits per heavy atom. The van der Waals surface area contributed by atoms with Gasteiger partial charge in [-0.05, 0) is 24.6 Å². The van der Waals surface area contributed by atoms with Gasteiger partial charge >= 0.3 is 0 Å². The predicted octanol–water partition coefficient (Wildman–Crippen LogP) is 5.09. The van der Waals surface area contributed by atoms with Crippen LogP contribution in [0.15, 0.2) is 64.3 Å². The van der Waals surface area contributed by atoms with E-state index in [1.54, 1.807) is 18.0 Å². The van der Waals surface area contributed by atoms with E-state index < -0.39 is 0 Å². The van der Waals surface area contributed by atoms with Gasteiger partial charge in [-0.25, -0.2) is 9.37 Å². The van der Waals surface area contributed by atoms with Gasteiger partial charge in [0.15, 0.2) is 4.34 Å². The second-order valence-electron chi connectivity index (χ2n) is 5.95. The van der Waals surface area contributed by atoms with Gasteiger partial charge < -0.3 is 4.90 Å². The smallest absolute Gasteiger partial charge is 0.235 e. The summed E-state index contributed by atoms with van der Waals surface area (Å²) in [5, 5.41) is 1.74. The average molecular weight is 387 g/mol. The Hall–Kier alpha value is -2.18. The van der Waals surface area contributed by atoms with Crippen LogP contribution in [-0.2, 0) is 11.3 Å². The summed E-state index contributed by atoms with van der Waals surface area (Å²) in [5.74, 6) is -0.294. The number of aromatic nitrogens is 1. The number of rotatable bonds is 6. The van der Waals surface area contributed by atoms with Crippen LogP contribution in [0.3, 0.4) is 0 Å². The van der Waals surface area contributed by atoms with Gasteiger partial charge in [0, 0.05) is 24.5 Å². The van der Waals surface area contributed by atoms with E-state index in [0.29, 0.717) is 6.54 Å². The Kier molecular flexibility index (Phi) is 6.06. The van der Waals surface area contributed by atoms with Crippen molar-refractivity contribution in [1.82, 2.24) is 9.88 Å². The molecule has 1 atom stereocenters. The first-order valence-corrected chi connectivity index (χ1v) is 9.96. The summed E-state index contributed by atoms with van der Waals surface area (Å²) < 4.78 is 14.2. The van der Waals surface area contributed by atoms with Crippen molar-refractivity contribution in [3.05, 3.63) is 71.4 Å². The fourth-order valence-electron chi connectivity index (χ4n) is 2.55. The summed E-state index contributed by atoms with van der Waals surface area (Å²) >= 11 is 2.99. The van der Waals surface area contributed by atoms with Gasteiger partial charge in [0.05, 0.1) is 10.9 Å². The first-order chi connectivity index (χ1) is 12.5. The molecule has 3 rings (SSSR count). The zero-order chi connectivity index (χ0) is 18.5. The second kappa shape index (κ2) is 8.47. The summed E-state index contributed by atoms with van der Waals surface area (Å²) in [4.78, 5) is 18.8. The van der Waals surface area contributed by atoms with Gasteiger partial charge in [-0.2, -0.15) is 0 Å². The summed E-state index contributed by atoms with van der Waals surface area (Å²) in [6.07, 6.45) is 0. The fourth-order valence-corrected chi connectivity index (χ4v) is 4.64. The molecule has 0 aliphatic rings. The highest BCUT2D eigenvalue weighted by Crippen LogP contribution is 2.31. The van der Waals surface area contributed by atoms with Gasteiger partial charge in [0.2, 0.25) is 5.91 Å². The Bertz CT molecular complexity index is 882. The third kappa shape index (κ3) is 4.71. The SMILES string of the molecule is C[C@@H](Sc1nc(-c2ccccc2)cs1)C(=O)N(C)Cc1cccc(F)c1. The van der Waals surface area contributed by atoms with Crippen LogP contribution in [0.4, 0.5) is 4.39 Å². The van der Waals surface area contributed by atoms with Gasteiger partial charge in [-0.15, -0.1) is 11.3 Å². The molecule has 1 heterocycles. The Balaban J connectivity index is 1.61. The Morgan fingerprint density at radius 3 is 2.73 bits per heavy atom. The molecule has 0 aliphatic heterocycles. The number of carbonyl (C=O) groups excluding carboxylic acids is 1. The van der Waals surface area contributed by atoms with Gasteiger partial charge in [0.1, 0.15) is 5.82 Å². The van der Waals surface area contributed by atoms with Crippen LogP contribution in [0.1, 0.15) is 12.5 Å². The minimum atomic E-state index is -0.290. The third-order valence-corrected chi connectivity index (χ3v) is 5.92. The van der Waals surface area contributed by atoms with Crippen molar-refractivity contribution < 1.29 is 9.18 Å². The highest BCUT2D eigenvalue weighted by atomic mass is 32.2. The number of nitrogens with zero attached hydrogens (tertiary/aromatic N) is 2. The van der Waals surface area contributed by atoms with Gasteiger partial charge in [-0.3, -0.25) is 4.79 Å². The lowest BCUT2D eigenvalue weighted by Gasteiger charge is -2.20. The normalized spacial score (nSPS) is 12.0. The zero-order valence-electron chi connectivity index (χ0n) is 14.6. The van der Waals surface area contributed by atoms with Crippen molar-refractivity contribution in [3.8, 4) is 11.3 Å². The first kappa shape index (κ1) is 18.6. The van der Waals surface area contributed by atoms with Crippen molar-refractivity contribution in [1.29, 1.82) is 0 Å². The van der Waals surface area contributed by atoms with E-state index in [0.717, 1.165) is 21.2 Å². The molecule has 0 aliphatic carbocycles. The maximum absolute atomic E-state index is 13.3. The van der Waals surface area contributed by atoms with Crippen molar-refractivity contribution in [3.63, 3.8) is 0 Å². The van der Waals surface area contributed by atoms with Gasteiger partial charge in [0.25, 0.3) is 0 Å². The summed E-state index contributed by atoms with van der Waals surface area (Å²) in [6.45, 7) is 2.26. The summed E-state index contributed by atoms with van der Waals surface area (Å²) in [7, 11) is 1.74. The fraction of sp³-hybridized carbons (Fsp3) is 0.200. The molecule has 3 nitrogen and oxygen atoms in total. The van der Waals surface area contributed by atoms with E-state index in [2.05, 4.69) is 4.98 Å². The minimum absolute atomic E-state index is 0.00396. The molecule has 0 N–H and O–H groups in total. The van der Waals surface area contributed by atoms with Crippen molar-refractivity contribution in [2.24, 2.45) is 0 Å². The lowest BCUT2D eigenvalue weighted by molar-refractivity contribution is -0.129. The second-order valence-corrected chi connectivity index (χ2v) is 8.40. The van der Waals surface area contributed by atoms with E-state index in [9.17, 15) is 9.18 Å². The Morgan fingerprint density at radius 1 is 1.23 bits per heavy atom. The van der Waals surface area contributed by atoms with Crippen molar-refractivity contribution in [2.75, 3.05) is 7.05 Å². The Labute approximate surface area is 160 Å². The molecule has 26 heavy (non-hydrogen) atoms. The molecule has 134 valence electrons. The van der Waals surface area contributed by atoms with E-state index in [-0.39, 0.29) is 17.0 Å². The molecular weight excluding hydrogens is 367 g/mol. The zero-order valence-corrected chi connectivity index (χ0v) is 16.2. The molecule has 0 saturated heterocycles. The number of halogens is 1. The molecular formula is C20H19FN2OS2. The largest absolute Gasteiger partial charge is 0.340 e. The number of thiazole rings is 1. The number of benzene rings is 2. The quantitative estimate of drug-likeness (QED) is 0.553. The highest BCUT2D eigenvalue weighted by molar-refractivity contribution is 8.02. The molecule has 3 aromatic rings. The molecule has 1 amide bonds. The topological polar surface area (TPSA) is 33.2 Å². The molecule has 0 unspecified atom stereocenters. The molecule has 0 bridgehead atoms. The predicted molar refractivity (Wildman–Crippen MR) is 106 cm³/mol. The van der Waals surface area contributed by atoms with E-state index in [1.165, 1.54) is 35.2 Å². The van der Waals surface area contributed by atoms with Crippen molar-refractivity contribution >= 4 is 29.0 Å². The van der Waals surface area contributed by atoms with E-state index >= 15 is 0 Å². The van der Waals surface area contributed by atoms with Crippen LogP contribution >= 0.6 is 23.1 Å². The number of amides is 1. The number of thioether (sulfide) groups is 1. The summed E-state index contributed by atoms with van der Waals surface area (Å²) in [5.41, 5.74) is 2.77. The average Bonchev–Trinajstić information content (AvgIpc) is 3.10. The maximum atomic E-state index is 13.3. The number of carbonyl (C=O) groups is 1. The molecule has 0 radical (unpaired) electrons. The maximum Gasteiger partial charge on any atom is 0.235 e. The number of hydrogen-bond donors (Lipinski definition) is 0. The van der Waals surface area contributed by atoms with Crippen LogP contribution in [0, 0.1) is 5.82 Å². The van der Waals surface area contributed by atoms with Crippen LogP contribution in [0.25, 0.3) is 11.3 Å². The van der Waals surface area contributed by atoms with Crippen LogP contribution in [0.2, 0.25) is 0 Å². The number of hydrogen-bond acceptors (Lipinski definition) is 4. The van der Waals surface area contributed by atoms with Crippen LogP contribution < -0.4 is 0 Å². The van der Waals surface area contributed by atoms with Gasteiger partial charge in [-0.1, -0.05) is 54.2 Å². The molecule has 0 fully saturated rings. The van der Waals surface area contributed by atoms with Crippen molar-refractivity contribution in [2.45, 2.75) is 23.1 Å². The molecule has 6 heteroatoms. The molecule has 0 spiro atoms. The molecule has 2 aromatic carbocycles. The van der Waals surface area contributed by atoms with Crippen LogP contribution in [0.5, 0.6) is 0 Å². The molecule has 0 saturated carbocycles.